The lowest BCUT2D eigenvalue weighted by Crippen LogP contribution is -2.19. The summed E-state index contributed by atoms with van der Waals surface area (Å²) in [7, 11) is 0. The predicted octanol–water partition coefficient (Wildman–Crippen LogP) is 4.92. The SMILES string of the molecule is Ic1nn(C2CCCCO2)c2ccc(OCc3ccccc3)cc12. The Hall–Kier alpha value is -1.60. The van der Waals surface area contributed by atoms with Crippen molar-refractivity contribution in [2.24, 2.45) is 0 Å². The average Bonchev–Trinajstić information content (AvgIpc) is 2.98. The fourth-order valence-electron chi connectivity index (χ4n) is 3.05. The lowest BCUT2D eigenvalue weighted by molar-refractivity contribution is -0.0368. The molecule has 1 atom stereocenters. The van der Waals surface area contributed by atoms with Crippen LogP contribution in [0.1, 0.15) is 31.1 Å². The molecule has 124 valence electrons. The fourth-order valence-corrected chi connectivity index (χ4v) is 3.71. The van der Waals surface area contributed by atoms with E-state index in [4.69, 9.17) is 14.6 Å². The number of rotatable bonds is 4. The van der Waals surface area contributed by atoms with E-state index in [1.54, 1.807) is 0 Å². The minimum Gasteiger partial charge on any atom is -0.489 e. The molecule has 0 bridgehead atoms. The molecule has 0 spiro atoms. The van der Waals surface area contributed by atoms with Crippen molar-refractivity contribution < 1.29 is 9.47 Å². The van der Waals surface area contributed by atoms with Gasteiger partial charge in [0.2, 0.25) is 0 Å². The van der Waals surface area contributed by atoms with Crippen LogP contribution in [0.5, 0.6) is 5.75 Å². The van der Waals surface area contributed by atoms with Crippen LogP contribution in [-0.2, 0) is 11.3 Å². The molecule has 1 aliphatic heterocycles. The Labute approximate surface area is 154 Å². The van der Waals surface area contributed by atoms with Gasteiger partial charge in [-0.1, -0.05) is 30.3 Å². The summed E-state index contributed by atoms with van der Waals surface area (Å²) in [6, 6.07) is 16.4. The summed E-state index contributed by atoms with van der Waals surface area (Å²) >= 11 is 2.29. The first kappa shape index (κ1) is 15.9. The summed E-state index contributed by atoms with van der Waals surface area (Å²) in [5.41, 5.74) is 2.27. The van der Waals surface area contributed by atoms with E-state index >= 15 is 0 Å². The van der Waals surface area contributed by atoms with Crippen molar-refractivity contribution in [2.75, 3.05) is 6.61 Å². The highest BCUT2D eigenvalue weighted by Crippen LogP contribution is 2.31. The number of hydrogen-bond donors (Lipinski definition) is 0. The molecule has 4 rings (SSSR count). The van der Waals surface area contributed by atoms with Gasteiger partial charge in [-0.3, -0.25) is 0 Å². The third kappa shape index (κ3) is 3.28. The number of ether oxygens (including phenoxy) is 2. The normalized spacial score (nSPS) is 18.0. The highest BCUT2D eigenvalue weighted by Gasteiger charge is 2.20. The maximum atomic E-state index is 5.94. The third-order valence-corrected chi connectivity index (χ3v) is 5.11. The zero-order chi connectivity index (χ0) is 16.4. The van der Waals surface area contributed by atoms with Crippen molar-refractivity contribution in [1.82, 2.24) is 9.78 Å². The molecule has 1 aliphatic rings. The van der Waals surface area contributed by atoms with E-state index in [0.717, 1.165) is 39.8 Å². The maximum Gasteiger partial charge on any atom is 0.150 e. The van der Waals surface area contributed by atoms with E-state index in [-0.39, 0.29) is 6.23 Å². The van der Waals surface area contributed by atoms with Gasteiger partial charge < -0.3 is 9.47 Å². The minimum atomic E-state index is 0.0563. The molecule has 1 unspecified atom stereocenters. The lowest BCUT2D eigenvalue weighted by atomic mass is 10.2. The number of fused-ring (bicyclic) bond motifs is 1. The molecule has 4 nitrogen and oxygen atoms in total. The van der Waals surface area contributed by atoms with Crippen LogP contribution >= 0.6 is 22.6 Å². The molecule has 24 heavy (non-hydrogen) atoms. The van der Waals surface area contributed by atoms with Gasteiger partial charge in [0.1, 0.15) is 16.1 Å². The lowest BCUT2D eigenvalue weighted by Gasteiger charge is -2.23. The first-order valence-corrected chi connectivity index (χ1v) is 9.35. The van der Waals surface area contributed by atoms with Crippen LogP contribution in [0.25, 0.3) is 10.9 Å². The molecule has 0 saturated carbocycles. The van der Waals surface area contributed by atoms with E-state index in [1.807, 2.05) is 28.9 Å². The fraction of sp³-hybridized carbons (Fsp3) is 0.316. The quantitative estimate of drug-likeness (QED) is 0.547. The second-order valence-electron chi connectivity index (χ2n) is 6.01. The number of aromatic nitrogens is 2. The van der Waals surface area contributed by atoms with E-state index in [0.29, 0.717) is 6.61 Å². The number of halogens is 1. The van der Waals surface area contributed by atoms with Crippen LogP contribution in [0.15, 0.2) is 48.5 Å². The molecule has 5 heteroatoms. The summed E-state index contributed by atoms with van der Waals surface area (Å²) in [4.78, 5) is 0. The molecule has 1 fully saturated rings. The van der Waals surface area contributed by atoms with Crippen molar-refractivity contribution in [3.05, 3.63) is 57.8 Å². The molecular formula is C19H19IN2O2. The predicted molar refractivity (Wildman–Crippen MR) is 102 cm³/mol. The van der Waals surface area contributed by atoms with E-state index in [2.05, 4.69) is 46.9 Å². The monoisotopic (exact) mass is 434 g/mol. The van der Waals surface area contributed by atoms with E-state index in [9.17, 15) is 0 Å². The Morgan fingerprint density at radius 2 is 2.04 bits per heavy atom. The summed E-state index contributed by atoms with van der Waals surface area (Å²) in [6.45, 7) is 1.39. The van der Waals surface area contributed by atoms with Crippen molar-refractivity contribution >= 4 is 33.5 Å². The second-order valence-corrected chi connectivity index (χ2v) is 7.03. The highest BCUT2D eigenvalue weighted by molar-refractivity contribution is 14.1. The van der Waals surface area contributed by atoms with Gasteiger partial charge in [0.15, 0.2) is 6.23 Å². The summed E-state index contributed by atoms with van der Waals surface area (Å²) in [5.74, 6) is 0.869. The number of benzene rings is 2. The van der Waals surface area contributed by atoms with Crippen molar-refractivity contribution in [3.8, 4) is 5.75 Å². The first-order chi connectivity index (χ1) is 11.8. The van der Waals surface area contributed by atoms with E-state index in [1.165, 1.54) is 12.0 Å². The molecule has 0 N–H and O–H groups in total. The minimum absolute atomic E-state index is 0.0563. The Kier molecular flexibility index (Phi) is 4.71. The second kappa shape index (κ2) is 7.11. The molecule has 1 saturated heterocycles. The van der Waals surface area contributed by atoms with Gasteiger partial charge in [-0.25, -0.2) is 4.68 Å². The van der Waals surface area contributed by atoms with Gasteiger partial charge in [0.25, 0.3) is 0 Å². The summed E-state index contributed by atoms with van der Waals surface area (Å²) < 4.78 is 14.8. The zero-order valence-corrected chi connectivity index (χ0v) is 15.5. The molecule has 0 radical (unpaired) electrons. The van der Waals surface area contributed by atoms with Crippen LogP contribution in [0.2, 0.25) is 0 Å². The van der Waals surface area contributed by atoms with Crippen molar-refractivity contribution in [1.29, 1.82) is 0 Å². The zero-order valence-electron chi connectivity index (χ0n) is 13.3. The standard InChI is InChI=1S/C19H19IN2O2/c20-19-16-12-15(24-13-14-6-2-1-3-7-14)9-10-17(16)22(21-19)18-8-4-5-11-23-18/h1-3,6-7,9-10,12,18H,4-5,8,11,13H2. The number of hydrogen-bond acceptors (Lipinski definition) is 3. The molecular weight excluding hydrogens is 415 g/mol. The maximum absolute atomic E-state index is 5.94. The topological polar surface area (TPSA) is 36.3 Å². The van der Waals surface area contributed by atoms with Gasteiger partial charge in [-0.2, -0.15) is 5.10 Å². The molecule has 0 aliphatic carbocycles. The van der Waals surface area contributed by atoms with Crippen LogP contribution in [0, 0.1) is 3.70 Å². The van der Waals surface area contributed by atoms with Gasteiger partial charge in [-0.05, 0) is 65.6 Å². The summed E-state index contributed by atoms with van der Waals surface area (Å²) in [5, 5.41) is 5.82. The molecule has 1 aromatic heterocycles. The third-order valence-electron chi connectivity index (χ3n) is 4.31. The van der Waals surface area contributed by atoms with Gasteiger partial charge >= 0.3 is 0 Å². The molecule has 0 amide bonds. The molecule has 2 aromatic carbocycles. The van der Waals surface area contributed by atoms with E-state index < -0.39 is 0 Å². The van der Waals surface area contributed by atoms with Crippen LogP contribution in [0.4, 0.5) is 0 Å². The van der Waals surface area contributed by atoms with Gasteiger partial charge in [0, 0.05) is 12.0 Å². The Balaban J connectivity index is 1.58. The van der Waals surface area contributed by atoms with Crippen LogP contribution < -0.4 is 4.74 Å². The Morgan fingerprint density at radius 3 is 2.83 bits per heavy atom. The van der Waals surface area contributed by atoms with Gasteiger partial charge in [-0.15, -0.1) is 0 Å². The van der Waals surface area contributed by atoms with Crippen LogP contribution in [0.3, 0.4) is 0 Å². The van der Waals surface area contributed by atoms with Crippen molar-refractivity contribution in [2.45, 2.75) is 32.1 Å². The summed E-state index contributed by atoms with van der Waals surface area (Å²) in [6.07, 6.45) is 3.42. The smallest absolute Gasteiger partial charge is 0.150 e. The first-order valence-electron chi connectivity index (χ1n) is 8.27. The van der Waals surface area contributed by atoms with Gasteiger partial charge in [0.05, 0.1) is 5.52 Å². The average molecular weight is 434 g/mol. The van der Waals surface area contributed by atoms with Crippen LogP contribution in [-0.4, -0.2) is 16.4 Å². The Morgan fingerprint density at radius 1 is 1.17 bits per heavy atom. The Bertz CT molecular complexity index is 826. The largest absolute Gasteiger partial charge is 0.489 e. The molecule has 2 heterocycles. The highest BCUT2D eigenvalue weighted by atomic mass is 127. The molecule has 3 aromatic rings. The van der Waals surface area contributed by atoms with Crippen molar-refractivity contribution in [3.63, 3.8) is 0 Å². The number of nitrogens with zero attached hydrogens (tertiary/aromatic N) is 2.